The summed E-state index contributed by atoms with van der Waals surface area (Å²) in [6.07, 6.45) is 38.1. The summed E-state index contributed by atoms with van der Waals surface area (Å²) in [4.78, 5) is 107. The van der Waals surface area contributed by atoms with E-state index in [-0.39, 0.29) is 25.7 Å². The molecule has 2 aliphatic heterocycles. The maximum Gasteiger partial charge on any atom is 0.470 e. The predicted octanol–water partition coefficient (Wildman–Crippen LogP) is 20.5. The van der Waals surface area contributed by atoms with Crippen LogP contribution in [0.3, 0.4) is 0 Å². The van der Waals surface area contributed by atoms with Crippen LogP contribution < -0.4 is 10.6 Å². The molecule has 0 bridgehead atoms. The Hall–Kier alpha value is -3.39. The minimum atomic E-state index is -5.62. The third kappa shape index (κ3) is 59.3. The topological polar surface area (TPSA) is 359 Å². The average Bonchev–Trinajstić information content (AvgIpc) is 0.784. The number of esters is 4. The molecule has 25 heteroatoms. The van der Waals surface area contributed by atoms with Gasteiger partial charge in [0.25, 0.3) is 0 Å². The molecule has 2 saturated heterocycles. The smallest absolute Gasteiger partial charge is 0.462 e. The molecule has 0 saturated carbocycles. The summed E-state index contributed by atoms with van der Waals surface area (Å²) in [5.74, 6) is -4.56. The lowest BCUT2D eigenvalue weighted by atomic mass is 9.95. The Morgan fingerprint density at radius 3 is 1.03 bits per heavy atom. The van der Waals surface area contributed by atoms with Gasteiger partial charge in [-0.3, -0.25) is 33.3 Å². The van der Waals surface area contributed by atoms with Crippen LogP contribution in [0.15, 0.2) is 0 Å². The van der Waals surface area contributed by atoms with Gasteiger partial charge in [0.1, 0.15) is 48.7 Å². The molecule has 700 valence electrons. The van der Waals surface area contributed by atoms with Gasteiger partial charge in [-0.1, -0.05) is 375 Å². The molecule has 2 aliphatic rings. The van der Waals surface area contributed by atoms with E-state index in [1.807, 2.05) is 0 Å². The van der Waals surface area contributed by atoms with Crippen LogP contribution in [0.1, 0.15) is 465 Å². The van der Waals surface area contributed by atoms with Crippen molar-refractivity contribution in [1.82, 2.24) is 10.6 Å². The number of phosphoric acid groups is 1. The molecule has 2 rings (SSSR count). The van der Waals surface area contributed by atoms with Gasteiger partial charge in [0.2, 0.25) is 11.8 Å². The lowest BCUT2D eigenvalue weighted by Gasteiger charge is -2.46. The Labute approximate surface area is 721 Å². The van der Waals surface area contributed by atoms with Crippen LogP contribution in [0.25, 0.3) is 0 Å². The first-order chi connectivity index (χ1) is 57.6. The van der Waals surface area contributed by atoms with Gasteiger partial charge >= 0.3 is 31.7 Å². The SMILES string of the molecule is CCCCCCCCCCCCCC(=O)OC(CCCCCCCCCCC)CC(=O)O[C@@H]1[C@@H](NC(=O)CC(CCCCCCCCCCC)OC(=O)CCCCCCCCCCC)[C@H](OC[C@H]2O[C@@H](O)[C@H](NC(=O)CC(O)CCCCCCCCCCC)[C@@H](OC(=O)CC(O)CCCCCCCCCCC)[C@@H]2O)O[C@H](CO)[C@H]1OP(=O)(O)O. The number of carbonyl (C=O) groups is 6. The number of rotatable bonds is 82. The fraction of sp³-hybridized carbons (Fsp3) is 0.936. The summed E-state index contributed by atoms with van der Waals surface area (Å²) in [6, 6.07) is -3.47. The molecule has 24 nitrogen and oxygen atoms in total. The van der Waals surface area contributed by atoms with E-state index in [0.29, 0.717) is 51.4 Å². The Morgan fingerprint density at radius 2 is 0.664 bits per heavy atom. The number of aliphatic hydroxyl groups is 5. The van der Waals surface area contributed by atoms with Crippen molar-refractivity contribution in [2.75, 3.05) is 13.2 Å². The number of ether oxygens (including phenoxy) is 7. The molecule has 0 radical (unpaired) electrons. The van der Waals surface area contributed by atoms with Crippen LogP contribution in [0.2, 0.25) is 0 Å². The second-order valence-electron chi connectivity index (χ2n) is 35.0. The van der Waals surface area contributed by atoms with Crippen LogP contribution in [0.5, 0.6) is 0 Å². The molecule has 0 aromatic rings. The monoisotopic (exact) mass is 1720 g/mol. The summed E-state index contributed by atoms with van der Waals surface area (Å²) >= 11 is 0. The van der Waals surface area contributed by atoms with Crippen molar-refractivity contribution in [3.8, 4) is 0 Å². The average molecular weight is 1720 g/mol. The van der Waals surface area contributed by atoms with Crippen molar-refractivity contribution in [2.45, 2.75) is 551 Å². The lowest BCUT2D eigenvalue weighted by Crippen LogP contribution is -2.68. The Balaban J connectivity index is 2.73. The fourth-order valence-electron chi connectivity index (χ4n) is 16.4. The molecule has 0 spiro atoms. The summed E-state index contributed by atoms with van der Waals surface area (Å²) in [5, 5.41) is 63.2. The number of carbonyl (C=O) groups excluding carboxylic acids is 6. The fourth-order valence-corrected chi connectivity index (χ4v) is 16.9. The van der Waals surface area contributed by atoms with E-state index in [9.17, 15) is 63.9 Å². The second kappa shape index (κ2) is 74.8. The molecule has 9 N–H and O–H groups in total. The largest absolute Gasteiger partial charge is 0.470 e. The number of unbranched alkanes of at least 4 members (excludes halogenated alkanes) is 50. The van der Waals surface area contributed by atoms with Crippen molar-refractivity contribution in [3.63, 3.8) is 0 Å². The van der Waals surface area contributed by atoms with Crippen LogP contribution in [-0.4, -0.2) is 170 Å². The number of aliphatic hydroxyl groups excluding tert-OH is 5. The molecule has 14 atom stereocenters. The minimum Gasteiger partial charge on any atom is -0.462 e. The Morgan fingerprint density at radius 1 is 0.353 bits per heavy atom. The summed E-state index contributed by atoms with van der Waals surface area (Å²) in [7, 11) is -5.62. The summed E-state index contributed by atoms with van der Waals surface area (Å²) in [5.41, 5.74) is 0. The van der Waals surface area contributed by atoms with Gasteiger partial charge in [0.05, 0.1) is 51.1 Å². The van der Waals surface area contributed by atoms with Crippen LogP contribution in [0.4, 0.5) is 0 Å². The van der Waals surface area contributed by atoms with E-state index in [0.717, 1.165) is 205 Å². The van der Waals surface area contributed by atoms with Gasteiger partial charge in [0, 0.05) is 12.8 Å². The zero-order valence-corrected chi connectivity index (χ0v) is 76.8. The highest BCUT2D eigenvalue weighted by atomic mass is 31.2. The van der Waals surface area contributed by atoms with E-state index in [1.54, 1.807) is 0 Å². The van der Waals surface area contributed by atoms with Gasteiger partial charge in [0.15, 0.2) is 24.8 Å². The predicted molar refractivity (Wildman–Crippen MR) is 470 cm³/mol. The molecule has 4 unspecified atom stereocenters. The van der Waals surface area contributed by atoms with E-state index in [1.165, 1.54) is 116 Å². The molecule has 0 aromatic carbocycles. The van der Waals surface area contributed by atoms with E-state index in [4.69, 9.17) is 37.7 Å². The highest BCUT2D eigenvalue weighted by Crippen LogP contribution is 2.43. The molecular formula is C94H177N2O22P. The molecule has 0 aliphatic carbocycles. The lowest BCUT2D eigenvalue weighted by molar-refractivity contribution is -0.298. The standard InChI is InChI=1S/C94H177N2O22P/c1-7-13-19-25-31-37-38-44-50-56-62-68-84(103)113-78(66-60-54-48-42-35-29-23-17-11-5)72-86(105)117-92-88(96-82(101)71-77(65-59-53-47-41-34-28-22-16-10-4)112-83(102)67-61-55-49-43-36-30-24-18-12-6)94(115-79(73-97)90(92)118-119(108,109)110)111-74-80-89(106)91(116-85(104)70-76(99)64-58-52-46-40-33-27-21-15-9-3)87(93(107)114-80)95-81(100)69-75(98)63-57-51-45-39-32-26-20-14-8-2/h75-80,87-94,97-99,106-107H,7-74H2,1-6H3,(H,95,100)(H,96,101)(H2,108,109,110)/t75?,76?,77?,78?,79-,80-,87-,88-,89-,90-,91-,92-,93-,94-/m1/s1. The van der Waals surface area contributed by atoms with Gasteiger partial charge in [-0.05, 0) is 51.4 Å². The third-order valence-electron chi connectivity index (χ3n) is 23.6. The van der Waals surface area contributed by atoms with E-state index < -0.39 is 168 Å². The van der Waals surface area contributed by atoms with Crippen molar-refractivity contribution < 1.29 is 106 Å². The molecule has 2 fully saturated rings. The molecule has 119 heavy (non-hydrogen) atoms. The molecule has 2 amide bonds. The van der Waals surface area contributed by atoms with Crippen LogP contribution in [0, 0.1) is 0 Å². The maximum atomic E-state index is 15.1. The van der Waals surface area contributed by atoms with Gasteiger partial charge in [-0.25, -0.2) is 4.57 Å². The molecule has 2 heterocycles. The van der Waals surface area contributed by atoms with Crippen molar-refractivity contribution in [2.24, 2.45) is 0 Å². The highest BCUT2D eigenvalue weighted by molar-refractivity contribution is 7.46. The summed E-state index contributed by atoms with van der Waals surface area (Å²) in [6.45, 7) is 11.2. The van der Waals surface area contributed by atoms with Crippen LogP contribution >= 0.6 is 7.82 Å². The van der Waals surface area contributed by atoms with E-state index >= 15 is 4.79 Å². The van der Waals surface area contributed by atoms with Crippen molar-refractivity contribution in [3.05, 3.63) is 0 Å². The highest BCUT2D eigenvalue weighted by Gasteiger charge is 2.54. The zero-order chi connectivity index (χ0) is 87.2. The first kappa shape index (κ1) is 112. The zero-order valence-electron chi connectivity index (χ0n) is 75.9. The van der Waals surface area contributed by atoms with E-state index in [2.05, 4.69) is 52.2 Å². The maximum absolute atomic E-state index is 15.1. The quantitative estimate of drug-likeness (QED) is 0.0118. The van der Waals surface area contributed by atoms with Gasteiger partial charge < -0.3 is 79.1 Å². The number of nitrogens with one attached hydrogen (secondary N) is 2. The van der Waals surface area contributed by atoms with Crippen LogP contribution in [-0.2, 0) is 71.0 Å². The normalized spacial score (nSPS) is 20.5. The van der Waals surface area contributed by atoms with Gasteiger partial charge in [-0.2, -0.15) is 0 Å². The second-order valence-corrected chi connectivity index (χ2v) is 36.1. The summed E-state index contributed by atoms with van der Waals surface area (Å²) < 4.78 is 61.8. The Bertz CT molecular complexity index is 2520. The first-order valence-corrected chi connectivity index (χ1v) is 50.5. The number of amides is 2. The number of hydrogen-bond donors (Lipinski definition) is 9. The number of hydrogen-bond acceptors (Lipinski definition) is 20. The van der Waals surface area contributed by atoms with Gasteiger partial charge in [-0.15, -0.1) is 0 Å². The molecular weight excluding hydrogens is 1540 g/mol. The Kier molecular flexibility index (Phi) is 70.2. The molecule has 0 aromatic heterocycles. The van der Waals surface area contributed by atoms with Crippen molar-refractivity contribution >= 4 is 43.5 Å². The third-order valence-corrected chi connectivity index (χ3v) is 24.1. The first-order valence-electron chi connectivity index (χ1n) is 49.0. The number of phosphoric ester groups is 1. The van der Waals surface area contributed by atoms with Crippen molar-refractivity contribution in [1.29, 1.82) is 0 Å². The minimum absolute atomic E-state index is 0.111.